The smallest absolute Gasteiger partial charge is 0.349 e. The van der Waals surface area contributed by atoms with Gasteiger partial charge in [0.2, 0.25) is 0 Å². The van der Waals surface area contributed by atoms with Gasteiger partial charge in [0.15, 0.2) is 13.2 Å². The molecule has 0 aromatic heterocycles. The van der Waals surface area contributed by atoms with E-state index in [9.17, 15) is 9.59 Å². The van der Waals surface area contributed by atoms with E-state index in [4.69, 9.17) is 42.1 Å². The molecule has 0 fully saturated rings. The van der Waals surface area contributed by atoms with Crippen LogP contribution in [0.4, 0.5) is 0 Å². The van der Waals surface area contributed by atoms with Gasteiger partial charge in [0, 0.05) is 31.6 Å². The average Bonchev–Trinajstić information content (AvgIpc) is 2.91. The van der Waals surface area contributed by atoms with Crippen molar-refractivity contribution in [3.05, 3.63) is 107 Å². The van der Waals surface area contributed by atoms with E-state index >= 15 is 0 Å². The maximum Gasteiger partial charge on any atom is 0.349 e. The summed E-state index contributed by atoms with van der Waals surface area (Å²) in [6, 6.07) is 27.8. The van der Waals surface area contributed by atoms with Crippen LogP contribution in [-0.2, 0) is 9.59 Å². The number of fused-ring (bicyclic) bond motifs is 2. The first-order valence-corrected chi connectivity index (χ1v) is 12.3. The van der Waals surface area contributed by atoms with Gasteiger partial charge in [-0.2, -0.15) is 0 Å². The fraction of sp³-hybridized carbons (Fsp3) is 0.0667. The van der Waals surface area contributed by atoms with Gasteiger partial charge < -0.3 is 18.9 Å². The molecule has 0 unspecified atom stereocenters. The molecule has 38 heavy (non-hydrogen) atoms. The van der Waals surface area contributed by atoms with Gasteiger partial charge in [-0.3, -0.25) is 0 Å². The van der Waals surface area contributed by atoms with Crippen LogP contribution in [0.3, 0.4) is 0 Å². The molecular weight excluding hydrogens is 527 g/mol. The van der Waals surface area contributed by atoms with E-state index in [-0.39, 0.29) is 13.2 Å². The second kappa shape index (κ2) is 11.4. The lowest BCUT2D eigenvalue weighted by Crippen LogP contribution is -2.18. The topological polar surface area (TPSA) is 71.1 Å². The van der Waals surface area contributed by atoms with E-state index < -0.39 is 11.9 Å². The summed E-state index contributed by atoms with van der Waals surface area (Å²) in [4.78, 5) is 25.0. The summed E-state index contributed by atoms with van der Waals surface area (Å²) in [7, 11) is 0. The van der Waals surface area contributed by atoms with Crippen LogP contribution in [0, 0.1) is 0 Å². The zero-order chi connectivity index (χ0) is 26.5. The van der Waals surface area contributed by atoms with Crippen molar-refractivity contribution in [3.8, 4) is 23.0 Å². The zero-order valence-corrected chi connectivity index (χ0v) is 21.4. The van der Waals surface area contributed by atoms with Gasteiger partial charge in [-0.25, -0.2) is 9.59 Å². The van der Waals surface area contributed by atoms with Crippen LogP contribution in [0.1, 0.15) is 0 Å². The largest absolute Gasteiger partial charge is 0.481 e. The average molecular weight is 547 g/mol. The summed E-state index contributed by atoms with van der Waals surface area (Å²) in [5.41, 5.74) is 0. The van der Waals surface area contributed by atoms with Crippen molar-refractivity contribution in [1.82, 2.24) is 0 Å². The maximum absolute atomic E-state index is 12.5. The predicted octanol–water partition coefficient (Wildman–Crippen LogP) is 7.27. The summed E-state index contributed by atoms with van der Waals surface area (Å²) in [6.45, 7) is -0.699. The van der Waals surface area contributed by atoms with E-state index in [0.29, 0.717) is 54.6 Å². The quantitative estimate of drug-likeness (QED) is 0.116. The second-order valence-electron chi connectivity index (χ2n) is 8.19. The summed E-state index contributed by atoms with van der Waals surface area (Å²) >= 11 is 12.7. The molecule has 0 N–H and O–H groups in total. The Morgan fingerprint density at radius 2 is 0.921 bits per heavy atom. The SMILES string of the molecule is O=C(COc1c2ccc(Cl)cc2c(OCC(=O)Oc2ccccc2)c2cc(Cl)ccc12)Oc1ccccc1. The highest BCUT2D eigenvalue weighted by atomic mass is 35.5. The van der Waals surface area contributed by atoms with Crippen molar-refractivity contribution in [1.29, 1.82) is 0 Å². The number of carbonyl (C=O) groups is 2. The molecule has 0 bridgehead atoms. The molecule has 0 saturated carbocycles. The normalized spacial score (nSPS) is 10.8. The van der Waals surface area contributed by atoms with Gasteiger partial charge in [-0.1, -0.05) is 59.6 Å². The highest BCUT2D eigenvalue weighted by molar-refractivity contribution is 6.33. The fourth-order valence-corrected chi connectivity index (χ4v) is 4.31. The molecule has 0 amide bonds. The highest BCUT2D eigenvalue weighted by Crippen LogP contribution is 2.44. The van der Waals surface area contributed by atoms with Crippen LogP contribution in [0.2, 0.25) is 10.0 Å². The lowest BCUT2D eigenvalue weighted by Gasteiger charge is -2.18. The zero-order valence-electron chi connectivity index (χ0n) is 19.9. The molecule has 6 nitrogen and oxygen atoms in total. The maximum atomic E-state index is 12.5. The standard InChI is InChI=1S/C30H20Cl2O6/c31-19-11-13-23-25(15-19)30(36-18-28(34)38-22-9-5-2-6-10-22)26-16-20(32)12-14-24(26)29(23)35-17-27(33)37-21-7-3-1-4-8-21/h1-16H,17-18H2. The number of ether oxygens (including phenoxy) is 4. The Kier molecular flexibility index (Phi) is 7.63. The van der Waals surface area contributed by atoms with Crippen LogP contribution >= 0.6 is 23.2 Å². The first-order chi connectivity index (χ1) is 18.5. The van der Waals surface area contributed by atoms with Crippen molar-refractivity contribution in [2.24, 2.45) is 0 Å². The van der Waals surface area contributed by atoms with Crippen LogP contribution in [-0.4, -0.2) is 25.2 Å². The molecule has 5 aromatic carbocycles. The predicted molar refractivity (Wildman–Crippen MR) is 147 cm³/mol. The monoisotopic (exact) mass is 546 g/mol. The lowest BCUT2D eigenvalue weighted by molar-refractivity contribution is -0.137. The molecule has 0 atom stereocenters. The molecule has 0 aliphatic heterocycles. The number of esters is 2. The van der Waals surface area contributed by atoms with Gasteiger partial charge in [0.1, 0.15) is 23.0 Å². The number of benzene rings is 5. The molecule has 5 aromatic rings. The number of para-hydroxylation sites is 2. The number of hydrogen-bond donors (Lipinski definition) is 0. The molecule has 0 aliphatic carbocycles. The summed E-state index contributed by atoms with van der Waals surface area (Å²) in [5, 5.41) is 3.30. The minimum absolute atomic E-state index is 0.339. The Morgan fingerprint density at radius 1 is 0.526 bits per heavy atom. The first-order valence-electron chi connectivity index (χ1n) is 11.6. The van der Waals surface area contributed by atoms with Gasteiger partial charge in [-0.15, -0.1) is 0 Å². The number of carbonyl (C=O) groups excluding carboxylic acids is 2. The first kappa shape index (κ1) is 25.4. The molecule has 0 radical (unpaired) electrons. The molecule has 0 heterocycles. The third-order valence-corrected chi connectivity index (χ3v) is 6.03. The molecular formula is C30H20Cl2O6. The number of hydrogen-bond acceptors (Lipinski definition) is 6. The third-order valence-electron chi connectivity index (χ3n) is 5.56. The van der Waals surface area contributed by atoms with Crippen molar-refractivity contribution < 1.29 is 28.5 Å². The third kappa shape index (κ3) is 5.83. The van der Waals surface area contributed by atoms with Crippen molar-refractivity contribution >= 4 is 56.7 Å². The van der Waals surface area contributed by atoms with Crippen LogP contribution < -0.4 is 18.9 Å². The minimum Gasteiger partial charge on any atom is -0.481 e. The molecule has 0 spiro atoms. The van der Waals surface area contributed by atoms with E-state index in [1.807, 2.05) is 12.1 Å². The van der Waals surface area contributed by atoms with Crippen LogP contribution in [0.15, 0.2) is 97.1 Å². The van der Waals surface area contributed by atoms with Crippen molar-refractivity contribution in [3.63, 3.8) is 0 Å². The molecule has 0 saturated heterocycles. The van der Waals surface area contributed by atoms with Gasteiger partial charge in [0.05, 0.1) is 0 Å². The van der Waals surface area contributed by atoms with Gasteiger partial charge in [0.25, 0.3) is 0 Å². The minimum atomic E-state index is -0.578. The van der Waals surface area contributed by atoms with Crippen molar-refractivity contribution in [2.75, 3.05) is 13.2 Å². The Bertz CT molecular complexity index is 1560. The van der Waals surface area contributed by atoms with E-state index in [0.717, 1.165) is 0 Å². The number of rotatable bonds is 8. The van der Waals surface area contributed by atoms with E-state index in [1.165, 1.54) is 0 Å². The molecule has 5 rings (SSSR count). The summed E-state index contributed by atoms with van der Waals surface area (Å²) < 4.78 is 22.7. The molecule has 190 valence electrons. The van der Waals surface area contributed by atoms with Crippen LogP contribution in [0.25, 0.3) is 21.5 Å². The van der Waals surface area contributed by atoms with E-state index in [2.05, 4.69) is 0 Å². The second-order valence-corrected chi connectivity index (χ2v) is 9.06. The highest BCUT2D eigenvalue weighted by Gasteiger charge is 2.20. The molecule has 0 aliphatic rings. The Hall–Kier alpha value is -4.26. The Morgan fingerprint density at radius 3 is 1.34 bits per heavy atom. The summed E-state index contributed by atoms with van der Waals surface area (Å²) in [6.07, 6.45) is 0. The Balaban J connectivity index is 1.48. The molecule has 8 heteroatoms. The van der Waals surface area contributed by atoms with Crippen LogP contribution in [0.5, 0.6) is 23.0 Å². The Labute approximate surface area is 228 Å². The fourth-order valence-electron chi connectivity index (χ4n) is 3.97. The van der Waals surface area contributed by atoms with E-state index in [1.54, 1.807) is 84.9 Å². The van der Waals surface area contributed by atoms with Crippen molar-refractivity contribution in [2.45, 2.75) is 0 Å². The van der Waals surface area contributed by atoms with Gasteiger partial charge >= 0.3 is 11.9 Å². The summed E-state index contributed by atoms with van der Waals surface area (Å²) in [5.74, 6) is 0.486. The number of halogens is 2. The lowest BCUT2D eigenvalue weighted by atomic mass is 10.0. The van der Waals surface area contributed by atoms with Gasteiger partial charge in [-0.05, 0) is 60.7 Å².